The maximum absolute atomic E-state index is 12.6. The quantitative estimate of drug-likeness (QED) is 0.655. The molecule has 0 aliphatic rings. The number of hydrogen-bond acceptors (Lipinski definition) is 1. The number of alkyl halides is 3. The van der Waals surface area contributed by atoms with Crippen molar-refractivity contribution in [2.45, 2.75) is 45.4 Å². The Morgan fingerprint density at radius 3 is 1.92 bits per heavy atom. The standard InChI is InChI=1S/C8H15F3O/c1-6(9)8(10,11)5-12-7(2,3)4/h6H,5H2,1-4H3. The minimum Gasteiger partial charge on any atom is -0.369 e. The SMILES string of the molecule is CC(F)C(F)(F)COC(C)(C)C. The number of ether oxygens (including phenoxy) is 1. The second-order valence-electron chi connectivity index (χ2n) is 3.78. The van der Waals surface area contributed by atoms with Gasteiger partial charge in [-0.15, -0.1) is 0 Å². The predicted molar refractivity (Wildman–Crippen MR) is 41.2 cm³/mol. The van der Waals surface area contributed by atoms with E-state index in [-0.39, 0.29) is 0 Å². The van der Waals surface area contributed by atoms with Crippen LogP contribution in [0, 0.1) is 0 Å². The highest BCUT2D eigenvalue weighted by Gasteiger charge is 2.38. The molecule has 74 valence electrons. The normalized spacial score (nSPS) is 16.2. The molecule has 1 nitrogen and oxygen atoms in total. The molecule has 0 aromatic heterocycles. The zero-order valence-electron chi connectivity index (χ0n) is 7.83. The first-order valence-corrected chi connectivity index (χ1v) is 3.81. The van der Waals surface area contributed by atoms with Gasteiger partial charge in [0.25, 0.3) is 0 Å². The van der Waals surface area contributed by atoms with E-state index in [9.17, 15) is 13.2 Å². The van der Waals surface area contributed by atoms with E-state index in [1.165, 1.54) is 0 Å². The first-order chi connectivity index (χ1) is 5.15. The van der Waals surface area contributed by atoms with E-state index in [0.29, 0.717) is 0 Å². The van der Waals surface area contributed by atoms with Gasteiger partial charge in [-0.1, -0.05) is 0 Å². The van der Waals surface area contributed by atoms with Gasteiger partial charge in [0.05, 0.1) is 5.60 Å². The van der Waals surface area contributed by atoms with E-state index in [2.05, 4.69) is 0 Å². The highest BCUT2D eigenvalue weighted by atomic mass is 19.3. The van der Waals surface area contributed by atoms with Crippen molar-refractivity contribution in [1.82, 2.24) is 0 Å². The molecule has 0 saturated heterocycles. The Morgan fingerprint density at radius 1 is 1.25 bits per heavy atom. The Hall–Kier alpha value is -0.250. The average Bonchev–Trinajstić information content (AvgIpc) is 1.82. The summed E-state index contributed by atoms with van der Waals surface area (Å²) in [6.07, 6.45) is -2.17. The molecule has 0 saturated carbocycles. The lowest BCUT2D eigenvalue weighted by atomic mass is 10.2. The van der Waals surface area contributed by atoms with Crippen LogP contribution in [0.2, 0.25) is 0 Å². The molecule has 0 amide bonds. The highest BCUT2D eigenvalue weighted by Crippen LogP contribution is 2.23. The van der Waals surface area contributed by atoms with Gasteiger partial charge in [0.1, 0.15) is 6.61 Å². The summed E-state index contributed by atoms with van der Waals surface area (Å²) >= 11 is 0. The summed E-state index contributed by atoms with van der Waals surface area (Å²) in [4.78, 5) is 0. The van der Waals surface area contributed by atoms with Crippen molar-refractivity contribution in [3.05, 3.63) is 0 Å². The first kappa shape index (κ1) is 11.8. The Balaban J connectivity index is 3.93. The number of hydrogen-bond donors (Lipinski definition) is 0. The fraction of sp³-hybridized carbons (Fsp3) is 1.00. The Bertz CT molecular complexity index is 138. The molecular formula is C8H15F3O. The summed E-state index contributed by atoms with van der Waals surface area (Å²) in [7, 11) is 0. The third-order valence-corrected chi connectivity index (χ3v) is 1.28. The van der Waals surface area contributed by atoms with Crippen molar-refractivity contribution in [3.8, 4) is 0 Å². The summed E-state index contributed by atoms with van der Waals surface area (Å²) in [5.74, 6) is -3.38. The molecule has 0 aliphatic carbocycles. The third-order valence-electron chi connectivity index (χ3n) is 1.28. The zero-order chi connectivity index (χ0) is 9.99. The Labute approximate surface area is 70.9 Å². The van der Waals surface area contributed by atoms with Gasteiger partial charge >= 0.3 is 5.92 Å². The lowest BCUT2D eigenvalue weighted by Crippen LogP contribution is -2.36. The second kappa shape index (κ2) is 3.64. The zero-order valence-corrected chi connectivity index (χ0v) is 7.83. The van der Waals surface area contributed by atoms with Crippen molar-refractivity contribution < 1.29 is 17.9 Å². The maximum atomic E-state index is 12.6. The second-order valence-corrected chi connectivity index (χ2v) is 3.78. The lowest BCUT2D eigenvalue weighted by Gasteiger charge is -2.24. The van der Waals surface area contributed by atoms with Crippen molar-refractivity contribution in [2.75, 3.05) is 6.61 Å². The minimum absolute atomic E-state index is 0.654. The van der Waals surface area contributed by atoms with Gasteiger partial charge in [0, 0.05) is 0 Å². The van der Waals surface area contributed by atoms with Crippen LogP contribution in [0.5, 0.6) is 0 Å². The number of halogens is 3. The molecule has 0 heterocycles. The van der Waals surface area contributed by atoms with Crippen LogP contribution in [-0.2, 0) is 4.74 Å². The monoisotopic (exact) mass is 184 g/mol. The van der Waals surface area contributed by atoms with E-state index in [4.69, 9.17) is 4.74 Å². The van der Waals surface area contributed by atoms with Gasteiger partial charge in [-0.25, -0.2) is 13.2 Å². The lowest BCUT2D eigenvalue weighted by molar-refractivity contribution is -0.151. The molecule has 0 aromatic rings. The van der Waals surface area contributed by atoms with Crippen LogP contribution in [0.3, 0.4) is 0 Å². The summed E-state index contributed by atoms with van der Waals surface area (Å²) in [5.41, 5.74) is -0.654. The van der Waals surface area contributed by atoms with Gasteiger partial charge < -0.3 is 4.74 Å². The van der Waals surface area contributed by atoms with E-state index in [1.807, 2.05) is 0 Å². The average molecular weight is 184 g/mol. The molecule has 1 unspecified atom stereocenters. The van der Waals surface area contributed by atoms with Crippen molar-refractivity contribution in [2.24, 2.45) is 0 Å². The number of rotatable bonds is 3. The minimum atomic E-state index is -3.38. The van der Waals surface area contributed by atoms with E-state index in [1.54, 1.807) is 20.8 Å². The molecule has 0 spiro atoms. The topological polar surface area (TPSA) is 9.23 Å². The molecule has 4 heteroatoms. The van der Waals surface area contributed by atoms with Gasteiger partial charge in [0.2, 0.25) is 0 Å². The molecule has 0 fully saturated rings. The van der Waals surface area contributed by atoms with Gasteiger partial charge in [0.15, 0.2) is 6.17 Å². The highest BCUT2D eigenvalue weighted by molar-refractivity contribution is 4.74. The van der Waals surface area contributed by atoms with Crippen LogP contribution >= 0.6 is 0 Å². The van der Waals surface area contributed by atoms with Crippen LogP contribution in [-0.4, -0.2) is 24.3 Å². The molecule has 0 N–H and O–H groups in total. The smallest absolute Gasteiger partial charge is 0.301 e. The largest absolute Gasteiger partial charge is 0.369 e. The van der Waals surface area contributed by atoms with Crippen LogP contribution in [0.1, 0.15) is 27.7 Å². The summed E-state index contributed by atoms with van der Waals surface area (Å²) in [5, 5.41) is 0. The van der Waals surface area contributed by atoms with E-state index < -0.39 is 24.3 Å². The van der Waals surface area contributed by atoms with Crippen LogP contribution in [0.25, 0.3) is 0 Å². The molecule has 0 rings (SSSR count). The fourth-order valence-electron chi connectivity index (χ4n) is 0.428. The predicted octanol–water partition coefficient (Wildman–Crippen LogP) is 2.79. The molecule has 0 aliphatic heterocycles. The van der Waals surface area contributed by atoms with Gasteiger partial charge in [-0.2, -0.15) is 0 Å². The molecule has 12 heavy (non-hydrogen) atoms. The fourth-order valence-corrected chi connectivity index (χ4v) is 0.428. The van der Waals surface area contributed by atoms with Crippen LogP contribution in [0.15, 0.2) is 0 Å². The first-order valence-electron chi connectivity index (χ1n) is 3.81. The van der Waals surface area contributed by atoms with E-state index >= 15 is 0 Å². The summed E-state index contributed by atoms with van der Waals surface area (Å²) < 4.78 is 42.1. The summed E-state index contributed by atoms with van der Waals surface area (Å²) in [6, 6.07) is 0. The van der Waals surface area contributed by atoms with Gasteiger partial charge in [-0.3, -0.25) is 0 Å². The Kier molecular flexibility index (Phi) is 3.57. The molecular weight excluding hydrogens is 169 g/mol. The third kappa shape index (κ3) is 4.59. The van der Waals surface area contributed by atoms with Crippen LogP contribution in [0.4, 0.5) is 13.2 Å². The van der Waals surface area contributed by atoms with Crippen molar-refractivity contribution in [1.29, 1.82) is 0 Å². The van der Waals surface area contributed by atoms with Gasteiger partial charge in [-0.05, 0) is 27.7 Å². The maximum Gasteiger partial charge on any atom is 0.301 e. The summed E-state index contributed by atoms with van der Waals surface area (Å²) in [6.45, 7) is 4.89. The Morgan fingerprint density at radius 2 is 1.67 bits per heavy atom. The van der Waals surface area contributed by atoms with Crippen molar-refractivity contribution in [3.63, 3.8) is 0 Å². The molecule has 0 aromatic carbocycles. The molecule has 0 bridgehead atoms. The van der Waals surface area contributed by atoms with E-state index in [0.717, 1.165) is 6.92 Å². The van der Waals surface area contributed by atoms with Crippen molar-refractivity contribution >= 4 is 0 Å². The van der Waals surface area contributed by atoms with Crippen LogP contribution < -0.4 is 0 Å². The molecule has 1 atom stereocenters. The molecule has 0 radical (unpaired) electrons.